The summed E-state index contributed by atoms with van der Waals surface area (Å²) in [5.41, 5.74) is 1.75. The number of piperidine rings is 1. The number of unbranched alkanes of at least 4 members (excludes halogenated alkanes) is 2. The van der Waals surface area contributed by atoms with Gasteiger partial charge < -0.3 is 28.7 Å². The number of hydrogen-bond donors (Lipinski definition) is 0. The zero-order valence-corrected chi connectivity index (χ0v) is 26.5. The Hall–Kier alpha value is -2.32. The Morgan fingerprint density at radius 2 is 1.68 bits per heavy atom. The molecule has 1 amide bonds. The van der Waals surface area contributed by atoms with Crippen LogP contribution >= 0.6 is 0 Å². The maximum atomic E-state index is 12.6. The van der Waals surface area contributed by atoms with Crippen LogP contribution in [0, 0.1) is 0 Å². The van der Waals surface area contributed by atoms with Crippen molar-refractivity contribution in [3.8, 4) is 5.75 Å². The summed E-state index contributed by atoms with van der Waals surface area (Å²) in [6.07, 6.45) is 9.00. The fourth-order valence-corrected chi connectivity index (χ4v) is 6.21. The Morgan fingerprint density at radius 1 is 0.976 bits per heavy atom. The van der Waals surface area contributed by atoms with Crippen LogP contribution in [-0.2, 0) is 11.3 Å². The maximum absolute atomic E-state index is 12.6. The first kappa shape index (κ1) is 31.6. The van der Waals surface area contributed by atoms with Crippen LogP contribution in [0.4, 0.5) is 4.79 Å². The van der Waals surface area contributed by atoms with Crippen molar-refractivity contribution in [1.82, 2.24) is 24.3 Å². The van der Waals surface area contributed by atoms with Gasteiger partial charge >= 0.3 is 6.09 Å². The number of amides is 1. The molecule has 2 aliphatic rings. The summed E-state index contributed by atoms with van der Waals surface area (Å²) < 4.78 is 14.3. The fourth-order valence-electron chi connectivity index (χ4n) is 6.21. The minimum Gasteiger partial charge on any atom is -0.493 e. The van der Waals surface area contributed by atoms with Gasteiger partial charge in [0.05, 0.1) is 17.6 Å². The molecule has 41 heavy (non-hydrogen) atoms. The van der Waals surface area contributed by atoms with E-state index >= 15 is 0 Å². The molecule has 2 aliphatic heterocycles. The van der Waals surface area contributed by atoms with E-state index in [0.29, 0.717) is 19.0 Å². The van der Waals surface area contributed by atoms with Crippen LogP contribution in [0.2, 0.25) is 0 Å². The molecule has 2 aromatic rings. The van der Waals surface area contributed by atoms with Crippen molar-refractivity contribution >= 4 is 17.1 Å². The van der Waals surface area contributed by atoms with E-state index in [-0.39, 0.29) is 6.09 Å². The van der Waals surface area contributed by atoms with Crippen LogP contribution in [0.1, 0.15) is 97.7 Å². The Bertz CT molecular complexity index is 1080. The topological polar surface area (TPSA) is 63.1 Å². The summed E-state index contributed by atoms with van der Waals surface area (Å²) in [7, 11) is 0. The summed E-state index contributed by atoms with van der Waals surface area (Å²) in [5, 5.41) is 0. The Labute approximate surface area is 248 Å². The average Bonchev–Trinajstić information content (AvgIpc) is 3.60. The molecule has 0 bridgehead atoms. The molecule has 8 nitrogen and oxygen atoms in total. The molecule has 0 saturated carbocycles. The highest BCUT2D eigenvalue weighted by Crippen LogP contribution is 2.32. The maximum Gasteiger partial charge on any atom is 0.410 e. The SMILES string of the molecule is CCN(CC)CCCOc1ccc2nc(C3CCN(C(=O)OC(C)(C)C)CC3)n(CCCCCN3CCCC3)c2c1. The van der Waals surface area contributed by atoms with Gasteiger partial charge in [-0.25, -0.2) is 9.78 Å². The third kappa shape index (κ3) is 9.34. The van der Waals surface area contributed by atoms with Crippen LogP contribution in [0.25, 0.3) is 11.0 Å². The zero-order valence-electron chi connectivity index (χ0n) is 26.5. The number of aryl methyl sites for hydroxylation is 1. The van der Waals surface area contributed by atoms with E-state index in [0.717, 1.165) is 69.7 Å². The van der Waals surface area contributed by atoms with Crippen molar-refractivity contribution in [2.45, 2.75) is 104 Å². The van der Waals surface area contributed by atoms with E-state index < -0.39 is 5.60 Å². The standard InChI is InChI=1S/C33H55N5O3/c1-6-35(7-2)21-13-25-40-28-14-15-29-30(26-28)38(22-10-8-9-18-36-19-11-12-20-36)31(34-29)27-16-23-37(24-17-27)32(39)41-33(3,4)5/h14-15,26-27H,6-13,16-25H2,1-5H3. The second kappa shape index (κ2) is 15.2. The molecule has 2 fully saturated rings. The second-order valence-corrected chi connectivity index (χ2v) is 12.9. The molecule has 1 aromatic carbocycles. The predicted molar refractivity (Wildman–Crippen MR) is 167 cm³/mol. The van der Waals surface area contributed by atoms with Crippen molar-refractivity contribution in [3.05, 3.63) is 24.0 Å². The number of ether oxygens (including phenoxy) is 2. The van der Waals surface area contributed by atoms with E-state index in [2.05, 4.69) is 46.4 Å². The van der Waals surface area contributed by atoms with Crippen LogP contribution in [0.5, 0.6) is 5.75 Å². The van der Waals surface area contributed by atoms with Gasteiger partial charge in [-0.05, 0) is 111 Å². The molecule has 2 saturated heterocycles. The Kier molecular flexibility index (Phi) is 11.7. The monoisotopic (exact) mass is 569 g/mol. The van der Waals surface area contributed by atoms with Gasteiger partial charge in [-0.3, -0.25) is 0 Å². The second-order valence-electron chi connectivity index (χ2n) is 12.9. The van der Waals surface area contributed by atoms with Crippen LogP contribution < -0.4 is 4.74 Å². The summed E-state index contributed by atoms with van der Waals surface area (Å²) in [4.78, 5) is 24.7. The fraction of sp³-hybridized carbons (Fsp3) is 0.758. The first-order valence-corrected chi connectivity index (χ1v) is 16.3. The molecule has 8 heteroatoms. The molecule has 4 rings (SSSR count). The smallest absolute Gasteiger partial charge is 0.410 e. The molecule has 0 spiro atoms. The van der Waals surface area contributed by atoms with Crippen LogP contribution in [-0.4, -0.2) is 94.9 Å². The molecule has 0 radical (unpaired) electrons. The molecular weight excluding hydrogens is 514 g/mol. The molecule has 0 atom stereocenters. The number of carbonyl (C=O) groups is 1. The first-order chi connectivity index (χ1) is 19.8. The molecule has 0 N–H and O–H groups in total. The molecular formula is C33H55N5O3. The van der Waals surface area contributed by atoms with Gasteiger partial charge in [0.1, 0.15) is 17.2 Å². The summed E-state index contributed by atoms with van der Waals surface area (Å²) >= 11 is 0. The van der Waals surface area contributed by atoms with Gasteiger partial charge in [0.25, 0.3) is 0 Å². The molecule has 3 heterocycles. The molecule has 0 aliphatic carbocycles. The summed E-state index contributed by atoms with van der Waals surface area (Å²) in [6, 6.07) is 6.39. The van der Waals surface area contributed by atoms with Gasteiger partial charge in [0.2, 0.25) is 0 Å². The van der Waals surface area contributed by atoms with Gasteiger partial charge in [0, 0.05) is 38.2 Å². The van der Waals surface area contributed by atoms with E-state index in [1.54, 1.807) is 0 Å². The van der Waals surface area contributed by atoms with E-state index in [4.69, 9.17) is 14.5 Å². The predicted octanol–water partition coefficient (Wildman–Crippen LogP) is 6.53. The van der Waals surface area contributed by atoms with Crippen molar-refractivity contribution in [2.75, 3.05) is 59.0 Å². The van der Waals surface area contributed by atoms with Gasteiger partial charge in [-0.15, -0.1) is 0 Å². The van der Waals surface area contributed by atoms with Gasteiger partial charge in [0.15, 0.2) is 0 Å². The first-order valence-electron chi connectivity index (χ1n) is 16.3. The minimum absolute atomic E-state index is 0.203. The number of rotatable bonds is 14. The number of aromatic nitrogens is 2. The minimum atomic E-state index is -0.470. The number of carbonyl (C=O) groups excluding carboxylic acids is 1. The molecule has 230 valence electrons. The third-order valence-corrected chi connectivity index (χ3v) is 8.60. The highest BCUT2D eigenvalue weighted by atomic mass is 16.6. The molecule has 0 unspecified atom stereocenters. The lowest BCUT2D eigenvalue weighted by Crippen LogP contribution is -2.41. The number of fused-ring (bicyclic) bond motifs is 1. The number of imidazole rings is 1. The number of nitrogens with zero attached hydrogens (tertiary/aromatic N) is 5. The van der Waals surface area contributed by atoms with E-state index in [1.165, 1.54) is 56.7 Å². The third-order valence-electron chi connectivity index (χ3n) is 8.60. The lowest BCUT2D eigenvalue weighted by atomic mass is 9.96. The van der Waals surface area contributed by atoms with Crippen LogP contribution in [0.15, 0.2) is 18.2 Å². The van der Waals surface area contributed by atoms with Gasteiger partial charge in [-0.2, -0.15) is 0 Å². The summed E-state index contributed by atoms with van der Waals surface area (Å²) in [6.45, 7) is 20.3. The Balaban J connectivity index is 1.42. The Morgan fingerprint density at radius 3 is 2.37 bits per heavy atom. The van der Waals surface area contributed by atoms with Crippen LogP contribution in [0.3, 0.4) is 0 Å². The van der Waals surface area contributed by atoms with Crippen molar-refractivity contribution in [3.63, 3.8) is 0 Å². The van der Waals surface area contributed by atoms with Gasteiger partial charge in [-0.1, -0.05) is 20.3 Å². The quantitative estimate of drug-likeness (QED) is 0.241. The number of likely N-dealkylation sites (tertiary alicyclic amines) is 2. The molecule has 1 aromatic heterocycles. The largest absolute Gasteiger partial charge is 0.493 e. The highest BCUT2D eigenvalue weighted by Gasteiger charge is 2.30. The van der Waals surface area contributed by atoms with Crippen molar-refractivity contribution in [2.24, 2.45) is 0 Å². The van der Waals surface area contributed by atoms with Crippen molar-refractivity contribution in [1.29, 1.82) is 0 Å². The van der Waals surface area contributed by atoms with Crippen molar-refractivity contribution < 1.29 is 14.3 Å². The number of hydrogen-bond acceptors (Lipinski definition) is 6. The number of benzene rings is 1. The van der Waals surface area contributed by atoms with E-state index in [1.807, 2.05) is 25.7 Å². The van der Waals surface area contributed by atoms with E-state index in [9.17, 15) is 4.79 Å². The highest BCUT2D eigenvalue weighted by molar-refractivity contribution is 5.78. The lowest BCUT2D eigenvalue weighted by molar-refractivity contribution is 0.0202. The average molecular weight is 570 g/mol. The zero-order chi connectivity index (χ0) is 29.2. The summed E-state index contributed by atoms with van der Waals surface area (Å²) in [5.74, 6) is 2.43. The lowest BCUT2D eigenvalue weighted by Gasteiger charge is -2.33. The normalized spacial score (nSPS) is 17.2.